The lowest BCUT2D eigenvalue weighted by Gasteiger charge is -2.38. The molecule has 0 nitrogen and oxygen atoms in total. The summed E-state index contributed by atoms with van der Waals surface area (Å²) in [5, 5.41) is 2.69. The van der Waals surface area contributed by atoms with E-state index < -0.39 is 0 Å². The molecular formula is C46H44. The summed E-state index contributed by atoms with van der Waals surface area (Å²) < 4.78 is 0. The van der Waals surface area contributed by atoms with Gasteiger partial charge in [-0.2, -0.15) is 0 Å². The molecule has 3 atom stereocenters. The fourth-order valence-corrected chi connectivity index (χ4v) is 8.85. The second-order valence-electron chi connectivity index (χ2n) is 14.5. The lowest BCUT2D eigenvalue weighted by molar-refractivity contribution is 0.431. The standard InChI is InChI=1S/C46H44/c1-27(2)31-17-11-18-32(28(3)4)45(31)39-23-24-40-44-26-42-36(34-16-10-8-14-30(34)6)22-21-35(33-15-9-7-13-29(33)5)41(42)25-43(44)38-20-12-19-37(39)46(38)40/h7-17,19-28,32,37,46H,18H2,1-6H3. The first-order valence-electron chi connectivity index (χ1n) is 17.3. The van der Waals surface area contributed by atoms with Crippen molar-refractivity contribution < 1.29 is 0 Å². The fraction of sp³-hybridized carbons (Fsp3) is 0.261. The number of aryl methyl sites for hydroxylation is 2. The van der Waals surface area contributed by atoms with Gasteiger partial charge in [0.2, 0.25) is 0 Å². The van der Waals surface area contributed by atoms with Crippen LogP contribution in [0.4, 0.5) is 0 Å². The smallest absolute Gasteiger partial charge is 0.0205 e. The van der Waals surface area contributed by atoms with Crippen molar-refractivity contribution in [2.75, 3.05) is 0 Å². The van der Waals surface area contributed by atoms with Crippen LogP contribution in [0.5, 0.6) is 0 Å². The van der Waals surface area contributed by atoms with E-state index in [1.165, 1.54) is 72.0 Å². The van der Waals surface area contributed by atoms with Gasteiger partial charge in [-0.25, -0.2) is 0 Å². The van der Waals surface area contributed by atoms with Crippen LogP contribution in [0.2, 0.25) is 0 Å². The number of benzene rings is 4. The second kappa shape index (κ2) is 11.1. The van der Waals surface area contributed by atoms with Gasteiger partial charge in [-0.1, -0.05) is 131 Å². The van der Waals surface area contributed by atoms with Crippen LogP contribution in [0.15, 0.2) is 132 Å². The van der Waals surface area contributed by atoms with Gasteiger partial charge in [-0.3, -0.25) is 0 Å². The van der Waals surface area contributed by atoms with Crippen LogP contribution in [0.3, 0.4) is 0 Å². The Morgan fingerprint density at radius 3 is 1.74 bits per heavy atom. The number of hydrogen-bond acceptors (Lipinski definition) is 0. The van der Waals surface area contributed by atoms with Crippen molar-refractivity contribution in [1.82, 2.24) is 0 Å². The van der Waals surface area contributed by atoms with Crippen LogP contribution in [-0.4, -0.2) is 0 Å². The molecule has 8 rings (SSSR count). The molecule has 3 unspecified atom stereocenters. The van der Waals surface area contributed by atoms with Gasteiger partial charge in [-0.05, 0) is 133 Å². The fourth-order valence-electron chi connectivity index (χ4n) is 8.85. The maximum Gasteiger partial charge on any atom is 0.0205 e. The van der Waals surface area contributed by atoms with Gasteiger partial charge in [0.1, 0.15) is 0 Å². The van der Waals surface area contributed by atoms with E-state index in [9.17, 15) is 0 Å². The van der Waals surface area contributed by atoms with Gasteiger partial charge < -0.3 is 0 Å². The molecule has 0 heterocycles. The summed E-state index contributed by atoms with van der Waals surface area (Å²) in [7, 11) is 0. The number of fused-ring (bicyclic) bond motifs is 4. The minimum atomic E-state index is 0.360. The molecule has 0 amide bonds. The quantitative estimate of drug-likeness (QED) is 0.215. The zero-order chi connectivity index (χ0) is 31.7. The molecule has 0 fully saturated rings. The molecule has 0 aliphatic heterocycles. The first-order chi connectivity index (χ1) is 22.3. The highest BCUT2D eigenvalue weighted by Gasteiger charge is 2.43. The van der Waals surface area contributed by atoms with Crippen molar-refractivity contribution in [2.45, 2.75) is 48.0 Å². The van der Waals surface area contributed by atoms with Gasteiger partial charge in [0.15, 0.2) is 0 Å². The molecule has 0 aromatic heterocycles. The predicted octanol–water partition coefficient (Wildman–Crippen LogP) is 12.5. The third-order valence-electron chi connectivity index (χ3n) is 11.2. The molecule has 0 radical (unpaired) electrons. The van der Waals surface area contributed by atoms with Gasteiger partial charge in [0, 0.05) is 11.8 Å². The first-order valence-corrected chi connectivity index (χ1v) is 17.3. The largest absolute Gasteiger partial charge is 0.0836 e. The van der Waals surface area contributed by atoms with E-state index in [-0.39, 0.29) is 0 Å². The van der Waals surface area contributed by atoms with Crippen molar-refractivity contribution in [2.24, 2.45) is 29.6 Å². The monoisotopic (exact) mass is 596 g/mol. The Morgan fingerprint density at radius 2 is 1.17 bits per heavy atom. The maximum atomic E-state index is 2.54. The van der Waals surface area contributed by atoms with Crippen molar-refractivity contribution in [3.63, 3.8) is 0 Å². The molecule has 0 N–H and O–H groups in total. The molecule has 4 aromatic rings. The highest BCUT2D eigenvalue weighted by Crippen LogP contribution is 2.58. The summed E-state index contributed by atoms with van der Waals surface area (Å²) >= 11 is 0. The van der Waals surface area contributed by atoms with E-state index in [0.29, 0.717) is 29.6 Å². The molecule has 0 heteroatoms. The van der Waals surface area contributed by atoms with Crippen molar-refractivity contribution in [1.29, 1.82) is 0 Å². The Hall–Kier alpha value is -4.42. The summed E-state index contributed by atoms with van der Waals surface area (Å²) in [6.45, 7) is 14.0. The topological polar surface area (TPSA) is 0 Å². The number of hydrogen-bond donors (Lipinski definition) is 0. The summed E-state index contributed by atoms with van der Waals surface area (Å²) in [5.74, 6) is 2.39. The van der Waals surface area contributed by atoms with Gasteiger partial charge in [0.05, 0.1) is 0 Å². The highest BCUT2D eigenvalue weighted by atomic mass is 14.5. The Balaban J connectivity index is 1.38. The molecular weight excluding hydrogens is 553 g/mol. The zero-order valence-corrected chi connectivity index (χ0v) is 28.1. The molecule has 4 aliphatic rings. The van der Waals surface area contributed by atoms with E-state index >= 15 is 0 Å². The predicted molar refractivity (Wildman–Crippen MR) is 198 cm³/mol. The van der Waals surface area contributed by atoms with Crippen LogP contribution in [0.25, 0.3) is 44.2 Å². The lowest BCUT2D eigenvalue weighted by atomic mass is 9.65. The van der Waals surface area contributed by atoms with Crippen molar-refractivity contribution in [3.8, 4) is 22.3 Å². The average Bonchev–Trinajstić information content (AvgIpc) is 3.38. The minimum absolute atomic E-state index is 0.360. The van der Waals surface area contributed by atoms with E-state index in [4.69, 9.17) is 0 Å². The van der Waals surface area contributed by atoms with Gasteiger partial charge in [-0.15, -0.1) is 0 Å². The van der Waals surface area contributed by atoms with Gasteiger partial charge >= 0.3 is 0 Å². The highest BCUT2D eigenvalue weighted by molar-refractivity contribution is 6.11. The summed E-state index contributed by atoms with van der Waals surface area (Å²) in [5.41, 5.74) is 18.4. The summed E-state index contributed by atoms with van der Waals surface area (Å²) in [4.78, 5) is 0. The molecule has 46 heavy (non-hydrogen) atoms. The number of rotatable bonds is 5. The Labute approximate surface area is 275 Å². The first kappa shape index (κ1) is 29.0. The van der Waals surface area contributed by atoms with E-state index in [1.807, 2.05) is 0 Å². The van der Waals surface area contributed by atoms with Crippen LogP contribution >= 0.6 is 0 Å². The Bertz CT molecular complexity index is 2100. The maximum absolute atomic E-state index is 2.54. The zero-order valence-electron chi connectivity index (χ0n) is 28.1. The van der Waals surface area contributed by atoms with Crippen LogP contribution in [0.1, 0.15) is 56.4 Å². The van der Waals surface area contributed by atoms with E-state index in [0.717, 1.165) is 6.42 Å². The average molecular weight is 597 g/mol. The molecule has 228 valence electrons. The molecule has 0 saturated heterocycles. The molecule has 4 aromatic carbocycles. The lowest BCUT2D eigenvalue weighted by Crippen LogP contribution is -2.26. The molecule has 0 bridgehead atoms. The van der Waals surface area contributed by atoms with Crippen LogP contribution in [0, 0.1) is 43.4 Å². The van der Waals surface area contributed by atoms with Gasteiger partial charge in [0.25, 0.3) is 0 Å². The summed E-state index contributed by atoms with van der Waals surface area (Å²) in [6, 6.07) is 27.5. The van der Waals surface area contributed by atoms with Crippen molar-refractivity contribution >= 4 is 21.9 Å². The van der Waals surface area contributed by atoms with E-state index in [2.05, 4.69) is 157 Å². The van der Waals surface area contributed by atoms with Crippen molar-refractivity contribution in [3.05, 3.63) is 154 Å². The third kappa shape index (κ3) is 4.41. The Morgan fingerprint density at radius 1 is 0.609 bits per heavy atom. The number of allylic oxidation sites excluding steroid dienone is 12. The second-order valence-corrected chi connectivity index (χ2v) is 14.5. The third-order valence-corrected chi connectivity index (χ3v) is 11.2. The Kier molecular flexibility index (Phi) is 7.02. The van der Waals surface area contributed by atoms with Crippen LogP contribution < -0.4 is 0 Å². The van der Waals surface area contributed by atoms with E-state index in [1.54, 1.807) is 11.1 Å². The van der Waals surface area contributed by atoms with Crippen LogP contribution in [-0.2, 0) is 0 Å². The summed E-state index contributed by atoms with van der Waals surface area (Å²) in [6.07, 6.45) is 18.2. The molecule has 4 aliphatic carbocycles. The normalized spacial score (nSPS) is 21.5. The molecule has 0 saturated carbocycles. The minimum Gasteiger partial charge on any atom is -0.0836 e. The SMILES string of the molecule is Cc1ccccc1-c1ccc(-c2ccccc2C)c2cc3c(cc12)C1=CC=CC2C(C4=C(C(C)C)C=CCC4C(C)C)=CC=C3C12. The molecule has 0 spiro atoms.